The average molecular weight is 212 g/mol. The van der Waals surface area contributed by atoms with E-state index in [-0.39, 0.29) is 0 Å². The Bertz CT molecular complexity index is 504. The van der Waals surface area contributed by atoms with Crippen molar-refractivity contribution in [1.82, 2.24) is 4.98 Å². The first-order chi connectivity index (χ1) is 7.66. The summed E-state index contributed by atoms with van der Waals surface area (Å²) in [6, 6.07) is 8.35. The topological polar surface area (TPSA) is 38.9 Å². The fourth-order valence-electron chi connectivity index (χ4n) is 1.72. The first kappa shape index (κ1) is 10.7. The molecule has 16 heavy (non-hydrogen) atoms. The Balaban J connectivity index is 2.28. The molecule has 2 heteroatoms. The Morgan fingerprint density at radius 2 is 1.94 bits per heavy atom. The van der Waals surface area contributed by atoms with Gasteiger partial charge >= 0.3 is 0 Å². The van der Waals surface area contributed by atoms with Crippen molar-refractivity contribution in [2.24, 2.45) is 0 Å². The predicted octanol–water partition coefficient (Wildman–Crippen LogP) is 2.87. The van der Waals surface area contributed by atoms with Gasteiger partial charge in [-0.3, -0.25) is 4.98 Å². The lowest BCUT2D eigenvalue weighted by atomic mass is 10.0. The van der Waals surface area contributed by atoms with Gasteiger partial charge in [0.05, 0.1) is 0 Å². The van der Waals surface area contributed by atoms with E-state index in [1.165, 1.54) is 16.7 Å². The van der Waals surface area contributed by atoms with Gasteiger partial charge in [0.2, 0.25) is 0 Å². The van der Waals surface area contributed by atoms with Crippen LogP contribution in [-0.4, -0.2) is 4.98 Å². The summed E-state index contributed by atoms with van der Waals surface area (Å²) < 4.78 is 0. The van der Waals surface area contributed by atoms with Crippen molar-refractivity contribution in [2.75, 3.05) is 5.73 Å². The molecule has 0 amide bonds. The minimum Gasteiger partial charge on any atom is -0.398 e. The van der Waals surface area contributed by atoms with E-state index >= 15 is 0 Å². The van der Waals surface area contributed by atoms with Crippen molar-refractivity contribution in [1.29, 1.82) is 0 Å². The molecule has 0 atom stereocenters. The van der Waals surface area contributed by atoms with Crippen LogP contribution in [0.5, 0.6) is 0 Å². The predicted molar refractivity (Wildman–Crippen MR) is 67.4 cm³/mol. The van der Waals surface area contributed by atoms with Crippen LogP contribution in [0.15, 0.2) is 36.7 Å². The maximum Gasteiger partial charge on any atom is 0.0380 e. The van der Waals surface area contributed by atoms with Crippen molar-refractivity contribution in [3.05, 3.63) is 58.9 Å². The SMILES string of the molecule is Cc1ccc(Cc2cnccc2N)cc1C. The largest absolute Gasteiger partial charge is 0.398 e. The number of nitrogens with two attached hydrogens (primary N) is 1. The highest BCUT2D eigenvalue weighted by molar-refractivity contribution is 5.47. The van der Waals surface area contributed by atoms with Gasteiger partial charge in [-0.15, -0.1) is 0 Å². The van der Waals surface area contributed by atoms with Crippen LogP contribution in [-0.2, 0) is 6.42 Å². The quantitative estimate of drug-likeness (QED) is 0.831. The molecule has 2 N–H and O–H groups in total. The highest BCUT2D eigenvalue weighted by atomic mass is 14.7. The van der Waals surface area contributed by atoms with E-state index in [0.717, 1.165) is 17.7 Å². The number of benzene rings is 1. The third-order valence-electron chi connectivity index (χ3n) is 2.91. The van der Waals surface area contributed by atoms with Crippen molar-refractivity contribution >= 4 is 5.69 Å². The number of aromatic nitrogens is 1. The third kappa shape index (κ3) is 2.22. The lowest BCUT2D eigenvalue weighted by Gasteiger charge is -2.07. The molecule has 0 spiro atoms. The van der Waals surface area contributed by atoms with Gasteiger partial charge in [-0.2, -0.15) is 0 Å². The Hall–Kier alpha value is -1.83. The molecular formula is C14H16N2. The first-order valence-electron chi connectivity index (χ1n) is 5.41. The van der Waals surface area contributed by atoms with Gasteiger partial charge in [0, 0.05) is 24.5 Å². The zero-order valence-electron chi connectivity index (χ0n) is 9.70. The summed E-state index contributed by atoms with van der Waals surface area (Å²) >= 11 is 0. The number of pyridine rings is 1. The molecule has 0 aliphatic rings. The van der Waals surface area contributed by atoms with Crippen molar-refractivity contribution in [3.63, 3.8) is 0 Å². The molecule has 0 fully saturated rings. The van der Waals surface area contributed by atoms with Crippen LogP contribution in [0.1, 0.15) is 22.3 Å². The molecule has 0 aliphatic heterocycles. The highest BCUT2D eigenvalue weighted by Crippen LogP contribution is 2.17. The van der Waals surface area contributed by atoms with Gasteiger partial charge in [-0.25, -0.2) is 0 Å². The molecule has 2 rings (SSSR count). The summed E-state index contributed by atoms with van der Waals surface area (Å²) in [7, 11) is 0. The second-order valence-corrected chi connectivity index (χ2v) is 4.17. The molecule has 0 saturated carbocycles. The molecule has 2 aromatic rings. The minimum absolute atomic E-state index is 0.813. The lowest BCUT2D eigenvalue weighted by Crippen LogP contribution is -1.97. The van der Waals surface area contributed by atoms with Gasteiger partial charge in [-0.05, 0) is 42.2 Å². The molecule has 0 aliphatic carbocycles. The molecule has 0 unspecified atom stereocenters. The van der Waals surface area contributed by atoms with Crippen LogP contribution in [0.4, 0.5) is 5.69 Å². The number of hydrogen-bond donors (Lipinski definition) is 1. The van der Waals surface area contributed by atoms with E-state index < -0.39 is 0 Å². The lowest BCUT2D eigenvalue weighted by molar-refractivity contribution is 1.14. The fraction of sp³-hybridized carbons (Fsp3) is 0.214. The second kappa shape index (κ2) is 4.35. The minimum atomic E-state index is 0.813. The molecule has 0 saturated heterocycles. The molecule has 0 bridgehead atoms. The fourth-order valence-corrected chi connectivity index (χ4v) is 1.72. The number of rotatable bonds is 2. The number of hydrogen-bond acceptors (Lipinski definition) is 2. The Labute approximate surface area is 96.1 Å². The summed E-state index contributed by atoms with van der Waals surface area (Å²) in [6.07, 6.45) is 4.41. The van der Waals surface area contributed by atoms with Crippen molar-refractivity contribution < 1.29 is 0 Å². The van der Waals surface area contributed by atoms with E-state index in [2.05, 4.69) is 37.0 Å². The van der Waals surface area contributed by atoms with Gasteiger partial charge in [0.1, 0.15) is 0 Å². The maximum atomic E-state index is 5.90. The highest BCUT2D eigenvalue weighted by Gasteiger charge is 2.01. The maximum absolute atomic E-state index is 5.90. The summed E-state index contributed by atoms with van der Waals surface area (Å²) in [4.78, 5) is 4.10. The Kier molecular flexibility index (Phi) is 2.91. The normalized spacial score (nSPS) is 10.4. The first-order valence-corrected chi connectivity index (χ1v) is 5.41. The van der Waals surface area contributed by atoms with Crippen molar-refractivity contribution in [3.8, 4) is 0 Å². The molecular weight excluding hydrogens is 196 g/mol. The molecule has 2 nitrogen and oxygen atoms in total. The number of nitrogens with zero attached hydrogens (tertiary/aromatic N) is 1. The van der Waals surface area contributed by atoms with Crippen LogP contribution in [0, 0.1) is 13.8 Å². The van der Waals surface area contributed by atoms with Crippen molar-refractivity contribution in [2.45, 2.75) is 20.3 Å². The summed E-state index contributed by atoms with van der Waals surface area (Å²) in [6.45, 7) is 4.25. The molecule has 82 valence electrons. The van der Waals surface area contributed by atoms with Crippen LogP contribution < -0.4 is 5.73 Å². The van der Waals surface area contributed by atoms with Gasteiger partial charge in [0.25, 0.3) is 0 Å². The summed E-state index contributed by atoms with van der Waals surface area (Å²) in [5.41, 5.74) is 11.7. The van der Waals surface area contributed by atoms with Crippen LogP contribution in [0.2, 0.25) is 0 Å². The average Bonchev–Trinajstić information content (AvgIpc) is 2.27. The summed E-state index contributed by atoms with van der Waals surface area (Å²) in [5, 5.41) is 0. The van der Waals surface area contributed by atoms with Crippen LogP contribution in [0.25, 0.3) is 0 Å². The van der Waals surface area contributed by atoms with E-state index in [1.54, 1.807) is 6.20 Å². The molecule has 0 radical (unpaired) electrons. The zero-order valence-corrected chi connectivity index (χ0v) is 9.70. The van der Waals surface area contributed by atoms with E-state index in [1.807, 2.05) is 12.3 Å². The molecule has 1 aromatic carbocycles. The Morgan fingerprint density at radius 1 is 1.12 bits per heavy atom. The number of nitrogen functional groups attached to an aromatic ring is 1. The monoisotopic (exact) mass is 212 g/mol. The zero-order chi connectivity index (χ0) is 11.5. The third-order valence-corrected chi connectivity index (χ3v) is 2.91. The van der Waals surface area contributed by atoms with E-state index in [4.69, 9.17) is 5.73 Å². The Morgan fingerprint density at radius 3 is 2.62 bits per heavy atom. The second-order valence-electron chi connectivity index (χ2n) is 4.17. The number of aryl methyl sites for hydroxylation is 2. The van der Waals surface area contributed by atoms with Gasteiger partial charge in [0.15, 0.2) is 0 Å². The smallest absolute Gasteiger partial charge is 0.0380 e. The van der Waals surface area contributed by atoms with Crippen LogP contribution in [0.3, 0.4) is 0 Å². The van der Waals surface area contributed by atoms with Crippen LogP contribution >= 0.6 is 0 Å². The summed E-state index contributed by atoms with van der Waals surface area (Å²) in [5.74, 6) is 0. The molecule has 1 heterocycles. The number of anilines is 1. The van der Waals surface area contributed by atoms with E-state index in [9.17, 15) is 0 Å². The van der Waals surface area contributed by atoms with Gasteiger partial charge < -0.3 is 5.73 Å². The standard InChI is InChI=1S/C14H16N2/c1-10-3-4-12(7-11(10)2)8-13-9-16-6-5-14(13)15/h3-7,9H,8H2,1-2H3,(H2,15,16). The molecule has 1 aromatic heterocycles. The van der Waals surface area contributed by atoms with E-state index in [0.29, 0.717) is 0 Å². The van der Waals surface area contributed by atoms with Gasteiger partial charge in [-0.1, -0.05) is 18.2 Å².